The van der Waals surface area contributed by atoms with Gasteiger partial charge in [0.1, 0.15) is 12.4 Å². The standard InChI is InChI=1S/C20H18ClN3O5/c1-10(18(25)22-14-3-4-15-16(8-14)24-20(27)23-15)29-19(26)12-6-11-7-13(21)2-5-17(11)28-9-12/h2-5,7-8,10,12H,6,9H2,1H3,(H,22,25)(H2,23,24,27). The highest BCUT2D eigenvalue weighted by Gasteiger charge is 2.30. The van der Waals surface area contributed by atoms with Crippen molar-refractivity contribution in [3.05, 3.63) is 57.5 Å². The van der Waals surface area contributed by atoms with E-state index in [1.807, 2.05) is 0 Å². The zero-order chi connectivity index (χ0) is 20.5. The molecule has 1 aliphatic rings. The lowest BCUT2D eigenvalue weighted by molar-refractivity contribution is -0.158. The van der Waals surface area contributed by atoms with E-state index in [0.29, 0.717) is 33.9 Å². The number of aromatic nitrogens is 2. The number of carbonyl (C=O) groups is 2. The van der Waals surface area contributed by atoms with Gasteiger partial charge in [-0.15, -0.1) is 0 Å². The van der Waals surface area contributed by atoms with E-state index >= 15 is 0 Å². The van der Waals surface area contributed by atoms with E-state index in [1.54, 1.807) is 36.4 Å². The number of fused-ring (bicyclic) bond motifs is 2. The van der Waals surface area contributed by atoms with Crippen LogP contribution in [0.3, 0.4) is 0 Å². The molecule has 0 fully saturated rings. The second-order valence-corrected chi connectivity index (χ2v) is 7.31. The van der Waals surface area contributed by atoms with Crippen molar-refractivity contribution in [3.8, 4) is 5.75 Å². The maximum Gasteiger partial charge on any atom is 0.323 e. The van der Waals surface area contributed by atoms with E-state index in [2.05, 4.69) is 15.3 Å². The van der Waals surface area contributed by atoms with Gasteiger partial charge in [-0.2, -0.15) is 0 Å². The van der Waals surface area contributed by atoms with Crippen molar-refractivity contribution in [1.29, 1.82) is 0 Å². The summed E-state index contributed by atoms with van der Waals surface area (Å²) < 4.78 is 10.9. The minimum absolute atomic E-state index is 0.180. The number of H-pyrrole nitrogens is 2. The first-order valence-corrected chi connectivity index (χ1v) is 9.41. The quantitative estimate of drug-likeness (QED) is 0.567. The Kier molecular flexibility index (Phi) is 5.02. The summed E-state index contributed by atoms with van der Waals surface area (Å²) in [6.07, 6.45) is -0.565. The molecular weight excluding hydrogens is 398 g/mol. The number of hydrogen-bond donors (Lipinski definition) is 3. The minimum Gasteiger partial charge on any atom is -0.492 e. The fourth-order valence-corrected chi connectivity index (χ4v) is 3.39. The van der Waals surface area contributed by atoms with Crippen LogP contribution in [0.25, 0.3) is 11.0 Å². The van der Waals surface area contributed by atoms with Gasteiger partial charge in [-0.25, -0.2) is 4.79 Å². The molecule has 0 spiro atoms. The third-order valence-electron chi connectivity index (χ3n) is 4.71. The first kappa shape index (κ1) is 19.1. The van der Waals surface area contributed by atoms with Crippen LogP contribution in [0, 0.1) is 5.92 Å². The Hall–Kier alpha value is -3.26. The van der Waals surface area contributed by atoms with Gasteiger partial charge >= 0.3 is 11.7 Å². The van der Waals surface area contributed by atoms with Crippen molar-refractivity contribution in [3.63, 3.8) is 0 Å². The first-order chi connectivity index (χ1) is 13.9. The third kappa shape index (κ3) is 4.12. The minimum atomic E-state index is -0.996. The summed E-state index contributed by atoms with van der Waals surface area (Å²) in [5, 5.41) is 3.24. The SMILES string of the molecule is CC(OC(=O)C1COc2ccc(Cl)cc2C1)C(=O)Nc1ccc2[nH]c(=O)[nH]c2c1. The average molecular weight is 416 g/mol. The molecule has 0 saturated carbocycles. The maximum absolute atomic E-state index is 12.5. The molecule has 0 radical (unpaired) electrons. The Labute approximate surface area is 170 Å². The van der Waals surface area contributed by atoms with E-state index in [1.165, 1.54) is 6.92 Å². The number of nitrogens with one attached hydrogen (secondary N) is 3. The Balaban J connectivity index is 1.37. The van der Waals surface area contributed by atoms with Crippen LogP contribution >= 0.6 is 11.6 Å². The topological polar surface area (TPSA) is 113 Å². The van der Waals surface area contributed by atoms with Crippen molar-refractivity contribution in [1.82, 2.24) is 9.97 Å². The van der Waals surface area contributed by atoms with Gasteiger partial charge < -0.3 is 24.8 Å². The summed E-state index contributed by atoms with van der Waals surface area (Å²) in [5.74, 6) is -0.806. The van der Waals surface area contributed by atoms with Crippen LogP contribution in [-0.4, -0.2) is 34.6 Å². The van der Waals surface area contributed by atoms with Crippen molar-refractivity contribution in [2.45, 2.75) is 19.4 Å². The zero-order valence-electron chi connectivity index (χ0n) is 15.5. The number of hydrogen-bond acceptors (Lipinski definition) is 5. The number of imidazole rings is 1. The molecule has 0 bridgehead atoms. The first-order valence-electron chi connectivity index (χ1n) is 9.03. The second kappa shape index (κ2) is 7.63. The predicted molar refractivity (Wildman–Crippen MR) is 107 cm³/mol. The summed E-state index contributed by atoms with van der Waals surface area (Å²) >= 11 is 6.00. The summed E-state index contributed by atoms with van der Waals surface area (Å²) in [6, 6.07) is 10.2. The lowest BCUT2D eigenvalue weighted by atomic mass is 9.97. The molecular formula is C20H18ClN3O5. The number of amides is 1. The van der Waals surface area contributed by atoms with Crippen molar-refractivity contribution >= 4 is 40.2 Å². The third-order valence-corrected chi connectivity index (χ3v) is 4.94. The number of ether oxygens (including phenoxy) is 2. The number of aromatic amines is 2. The van der Waals surface area contributed by atoms with Crippen LogP contribution in [0.1, 0.15) is 12.5 Å². The Morgan fingerprint density at radius 2 is 2.00 bits per heavy atom. The molecule has 2 atom stereocenters. The average Bonchev–Trinajstić information content (AvgIpc) is 3.06. The van der Waals surface area contributed by atoms with Gasteiger partial charge in [0.2, 0.25) is 0 Å². The number of rotatable bonds is 4. The number of anilines is 1. The van der Waals surface area contributed by atoms with Crippen LogP contribution in [0.2, 0.25) is 5.02 Å². The highest BCUT2D eigenvalue weighted by atomic mass is 35.5. The number of esters is 1. The van der Waals surface area contributed by atoms with Gasteiger partial charge in [0.15, 0.2) is 6.10 Å². The van der Waals surface area contributed by atoms with Gasteiger partial charge in [-0.05, 0) is 55.3 Å². The molecule has 8 nitrogen and oxygen atoms in total. The van der Waals surface area contributed by atoms with E-state index in [-0.39, 0.29) is 12.3 Å². The molecule has 0 saturated heterocycles. The van der Waals surface area contributed by atoms with E-state index < -0.39 is 23.9 Å². The molecule has 4 rings (SSSR count). The van der Waals surface area contributed by atoms with E-state index in [9.17, 15) is 14.4 Å². The lowest BCUT2D eigenvalue weighted by Crippen LogP contribution is -2.36. The fraction of sp³-hybridized carbons (Fsp3) is 0.250. The normalized spacial score (nSPS) is 16.6. The monoisotopic (exact) mass is 415 g/mol. The summed E-state index contributed by atoms with van der Waals surface area (Å²) in [7, 11) is 0. The highest BCUT2D eigenvalue weighted by molar-refractivity contribution is 6.30. The maximum atomic E-state index is 12.5. The summed E-state index contributed by atoms with van der Waals surface area (Å²) in [5.41, 5.74) is 2.17. The van der Waals surface area contributed by atoms with Gasteiger partial charge in [0.05, 0.1) is 17.0 Å². The summed E-state index contributed by atoms with van der Waals surface area (Å²) in [6.45, 7) is 1.68. The number of benzene rings is 2. The molecule has 3 N–H and O–H groups in total. The lowest BCUT2D eigenvalue weighted by Gasteiger charge is -2.25. The van der Waals surface area contributed by atoms with Crippen molar-refractivity contribution in [2.75, 3.05) is 11.9 Å². The second-order valence-electron chi connectivity index (χ2n) is 6.87. The smallest absolute Gasteiger partial charge is 0.323 e. The van der Waals surface area contributed by atoms with Crippen molar-refractivity contribution in [2.24, 2.45) is 5.92 Å². The Bertz CT molecular complexity index is 1150. The zero-order valence-corrected chi connectivity index (χ0v) is 16.2. The van der Waals surface area contributed by atoms with Gasteiger partial charge in [-0.3, -0.25) is 9.59 Å². The molecule has 3 aromatic rings. The molecule has 1 aliphatic heterocycles. The molecule has 1 amide bonds. The van der Waals surface area contributed by atoms with Gasteiger partial charge in [0, 0.05) is 10.7 Å². The van der Waals surface area contributed by atoms with Crippen molar-refractivity contribution < 1.29 is 19.1 Å². The highest BCUT2D eigenvalue weighted by Crippen LogP contribution is 2.30. The summed E-state index contributed by atoms with van der Waals surface area (Å²) in [4.78, 5) is 41.4. The van der Waals surface area contributed by atoms with Gasteiger partial charge in [0.25, 0.3) is 5.91 Å². The van der Waals surface area contributed by atoms with Crippen LogP contribution in [-0.2, 0) is 20.7 Å². The number of halogens is 1. The Morgan fingerprint density at radius 1 is 1.21 bits per heavy atom. The van der Waals surface area contributed by atoms with Crippen LogP contribution in [0.5, 0.6) is 5.75 Å². The molecule has 2 heterocycles. The molecule has 9 heteroatoms. The largest absolute Gasteiger partial charge is 0.492 e. The molecule has 29 heavy (non-hydrogen) atoms. The Morgan fingerprint density at radius 3 is 2.83 bits per heavy atom. The predicted octanol–water partition coefficient (Wildman–Crippen LogP) is 2.63. The molecule has 2 unspecified atom stereocenters. The number of carbonyl (C=O) groups excluding carboxylic acids is 2. The van der Waals surface area contributed by atoms with E-state index in [0.717, 1.165) is 5.56 Å². The molecule has 2 aromatic carbocycles. The van der Waals surface area contributed by atoms with Crippen LogP contribution in [0.4, 0.5) is 5.69 Å². The fourth-order valence-electron chi connectivity index (χ4n) is 3.19. The molecule has 0 aliphatic carbocycles. The van der Waals surface area contributed by atoms with E-state index in [4.69, 9.17) is 21.1 Å². The molecule has 1 aromatic heterocycles. The molecule has 150 valence electrons. The van der Waals surface area contributed by atoms with Gasteiger partial charge in [-0.1, -0.05) is 11.6 Å². The van der Waals surface area contributed by atoms with Crippen LogP contribution < -0.4 is 15.7 Å². The van der Waals surface area contributed by atoms with Crippen LogP contribution in [0.15, 0.2) is 41.2 Å².